The van der Waals surface area contributed by atoms with Crippen LogP contribution in [0.25, 0.3) is 16.9 Å². The number of aromatic nitrogens is 2. The molecule has 0 aliphatic rings. The second-order valence-electron chi connectivity index (χ2n) is 5.83. The van der Waals surface area contributed by atoms with Gasteiger partial charge in [-0.3, -0.25) is 4.21 Å². The molecule has 0 saturated heterocycles. The number of halogens is 4. The summed E-state index contributed by atoms with van der Waals surface area (Å²) in [6.45, 7) is 0. The molecule has 0 saturated carbocycles. The zero-order valence-corrected chi connectivity index (χ0v) is 15.2. The maximum Gasteiger partial charge on any atom is 0.435 e. The van der Waals surface area contributed by atoms with Crippen molar-refractivity contribution in [1.82, 2.24) is 9.78 Å². The van der Waals surface area contributed by atoms with E-state index in [1.54, 1.807) is 48.5 Å². The molecule has 1 atom stereocenters. The lowest BCUT2D eigenvalue weighted by Gasteiger charge is -2.09. The van der Waals surface area contributed by atoms with E-state index in [4.69, 9.17) is 11.6 Å². The van der Waals surface area contributed by atoms with Gasteiger partial charge in [0.1, 0.15) is 0 Å². The van der Waals surface area contributed by atoms with E-state index in [1.165, 1.54) is 10.9 Å². The molecule has 0 aliphatic carbocycles. The van der Waals surface area contributed by atoms with E-state index in [-0.39, 0.29) is 5.69 Å². The first-order valence-electron chi connectivity index (χ1n) is 7.41. The molecule has 8 heteroatoms. The lowest BCUT2D eigenvalue weighted by atomic mass is 10.1. The molecule has 1 unspecified atom stereocenters. The van der Waals surface area contributed by atoms with Crippen LogP contribution < -0.4 is 0 Å². The second kappa shape index (κ2) is 6.48. The van der Waals surface area contributed by atoms with E-state index in [1.807, 2.05) is 0 Å². The number of nitrogens with zero attached hydrogens (tertiary/aromatic N) is 2. The SMILES string of the molecule is C=S(C)(=O)c1ccc(-n2nc(C(F)(F)F)cc2-c2ccc(Cl)cc2)cc1. The van der Waals surface area contributed by atoms with Gasteiger partial charge in [-0.25, -0.2) is 4.68 Å². The summed E-state index contributed by atoms with van der Waals surface area (Å²) in [5.74, 6) is 3.60. The highest BCUT2D eigenvalue weighted by Crippen LogP contribution is 2.33. The van der Waals surface area contributed by atoms with Crippen molar-refractivity contribution in [2.24, 2.45) is 0 Å². The summed E-state index contributed by atoms with van der Waals surface area (Å²) in [7, 11) is -2.41. The van der Waals surface area contributed by atoms with Crippen molar-refractivity contribution in [3.8, 4) is 16.9 Å². The Balaban J connectivity index is 2.16. The van der Waals surface area contributed by atoms with E-state index in [2.05, 4.69) is 11.0 Å². The van der Waals surface area contributed by atoms with Crippen molar-refractivity contribution in [1.29, 1.82) is 0 Å². The Morgan fingerprint density at radius 1 is 1.08 bits per heavy atom. The Kier molecular flexibility index (Phi) is 4.62. The van der Waals surface area contributed by atoms with E-state index in [0.717, 1.165) is 6.07 Å². The molecule has 0 bridgehead atoms. The van der Waals surface area contributed by atoms with Crippen LogP contribution in [-0.2, 0) is 15.7 Å². The summed E-state index contributed by atoms with van der Waals surface area (Å²) >= 11 is 5.86. The van der Waals surface area contributed by atoms with Gasteiger partial charge >= 0.3 is 6.18 Å². The van der Waals surface area contributed by atoms with Gasteiger partial charge < -0.3 is 0 Å². The van der Waals surface area contributed by atoms with Gasteiger partial charge in [-0.1, -0.05) is 23.7 Å². The number of hydrogen-bond donors (Lipinski definition) is 0. The highest BCUT2D eigenvalue weighted by molar-refractivity contribution is 7.99. The van der Waals surface area contributed by atoms with Gasteiger partial charge in [-0.2, -0.15) is 18.3 Å². The van der Waals surface area contributed by atoms with Crippen LogP contribution in [0.5, 0.6) is 0 Å². The van der Waals surface area contributed by atoms with Crippen LogP contribution in [0, 0.1) is 0 Å². The molecule has 3 nitrogen and oxygen atoms in total. The third-order valence-electron chi connectivity index (χ3n) is 3.72. The first-order chi connectivity index (χ1) is 12.1. The van der Waals surface area contributed by atoms with Gasteiger partial charge in [-0.05, 0) is 57.9 Å². The quantitative estimate of drug-likeness (QED) is 0.587. The Morgan fingerprint density at radius 3 is 2.15 bits per heavy atom. The lowest BCUT2D eigenvalue weighted by molar-refractivity contribution is -0.141. The molecule has 136 valence electrons. The van der Waals surface area contributed by atoms with Crippen molar-refractivity contribution in [3.63, 3.8) is 0 Å². The molecule has 3 aromatic rings. The average molecular weight is 399 g/mol. The fraction of sp³-hybridized carbons (Fsp3) is 0.111. The van der Waals surface area contributed by atoms with E-state index in [9.17, 15) is 17.4 Å². The fourth-order valence-electron chi connectivity index (χ4n) is 2.42. The minimum atomic E-state index is -4.57. The lowest BCUT2D eigenvalue weighted by Crippen LogP contribution is -2.07. The molecule has 0 radical (unpaired) electrons. The summed E-state index contributed by atoms with van der Waals surface area (Å²) in [6, 6.07) is 13.7. The molecule has 0 fully saturated rings. The Bertz CT molecular complexity index is 1040. The van der Waals surface area contributed by atoms with Crippen molar-refractivity contribution < 1.29 is 17.4 Å². The minimum Gasteiger partial charge on any atom is -0.263 e. The molecule has 0 aliphatic heterocycles. The van der Waals surface area contributed by atoms with Crippen LogP contribution in [0.2, 0.25) is 5.02 Å². The van der Waals surface area contributed by atoms with E-state index < -0.39 is 21.4 Å². The monoisotopic (exact) mass is 398 g/mol. The minimum absolute atomic E-state index is 0.272. The predicted molar refractivity (Wildman–Crippen MR) is 98.5 cm³/mol. The van der Waals surface area contributed by atoms with Crippen LogP contribution >= 0.6 is 11.6 Å². The van der Waals surface area contributed by atoms with Crippen LogP contribution in [0.1, 0.15) is 5.69 Å². The third kappa shape index (κ3) is 3.78. The highest BCUT2D eigenvalue weighted by Gasteiger charge is 2.35. The van der Waals surface area contributed by atoms with Crippen molar-refractivity contribution in [2.45, 2.75) is 11.1 Å². The Hall–Kier alpha value is -2.25. The summed E-state index contributed by atoms with van der Waals surface area (Å²) in [5.41, 5.74) is 0.229. The summed E-state index contributed by atoms with van der Waals surface area (Å²) in [5, 5.41) is 4.19. The Labute approximate surface area is 154 Å². The molecule has 0 spiro atoms. The maximum absolute atomic E-state index is 13.2. The second-order valence-corrected chi connectivity index (χ2v) is 8.75. The molecular formula is C18H14ClF3N2OS. The fourth-order valence-corrected chi connectivity index (χ4v) is 3.26. The van der Waals surface area contributed by atoms with Gasteiger partial charge in [0.25, 0.3) is 0 Å². The van der Waals surface area contributed by atoms with E-state index in [0.29, 0.717) is 21.2 Å². The van der Waals surface area contributed by atoms with Crippen LogP contribution in [0.15, 0.2) is 59.5 Å². The van der Waals surface area contributed by atoms with Gasteiger partial charge in [0.2, 0.25) is 0 Å². The third-order valence-corrected chi connectivity index (χ3v) is 5.24. The highest BCUT2D eigenvalue weighted by atomic mass is 35.5. The van der Waals surface area contributed by atoms with E-state index >= 15 is 0 Å². The largest absolute Gasteiger partial charge is 0.435 e. The normalized spacial score (nSPS) is 14.2. The zero-order chi connectivity index (χ0) is 19.1. The van der Waals surface area contributed by atoms with Crippen molar-refractivity contribution >= 4 is 27.0 Å². The number of rotatable bonds is 3. The number of benzene rings is 2. The number of hydrogen-bond acceptors (Lipinski definition) is 2. The predicted octanol–water partition coefficient (Wildman–Crippen LogP) is 4.92. The first-order valence-corrected chi connectivity index (χ1v) is 9.93. The molecule has 1 aromatic heterocycles. The zero-order valence-electron chi connectivity index (χ0n) is 13.6. The van der Waals surface area contributed by atoms with Gasteiger partial charge in [-0.15, -0.1) is 0 Å². The topological polar surface area (TPSA) is 34.9 Å². The van der Waals surface area contributed by atoms with Gasteiger partial charge in [0, 0.05) is 21.7 Å². The summed E-state index contributed by atoms with van der Waals surface area (Å²) in [4.78, 5) is 0.512. The van der Waals surface area contributed by atoms with Gasteiger partial charge in [0.05, 0.1) is 11.4 Å². The maximum atomic E-state index is 13.2. The molecule has 26 heavy (non-hydrogen) atoms. The van der Waals surface area contributed by atoms with Crippen LogP contribution in [0.3, 0.4) is 0 Å². The molecule has 1 heterocycles. The molecule has 0 N–H and O–H groups in total. The number of alkyl halides is 3. The summed E-state index contributed by atoms with van der Waals surface area (Å²) in [6.07, 6.45) is -3.08. The van der Waals surface area contributed by atoms with Crippen molar-refractivity contribution in [2.75, 3.05) is 6.26 Å². The van der Waals surface area contributed by atoms with Gasteiger partial charge in [0.15, 0.2) is 5.69 Å². The molecule has 0 amide bonds. The van der Waals surface area contributed by atoms with Crippen LogP contribution in [-0.4, -0.2) is 26.1 Å². The van der Waals surface area contributed by atoms with Crippen LogP contribution in [0.4, 0.5) is 13.2 Å². The molecule has 3 rings (SSSR count). The first kappa shape index (κ1) is 18.5. The molecular weight excluding hydrogens is 385 g/mol. The molecule has 2 aromatic carbocycles. The average Bonchev–Trinajstić information content (AvgIpc) is 3.00. The summed E-state index contributed by atoms with van der Waals surface area (Å²) < 4.78 is 52.7. The standard InChI is InChI=1S/C18H14ClF3N2OS/c1-26(2,25)15-9-7-14(8-10-15)24-16(11-17(23-24)18(20,21)22)12-3-5-13(19)6-4-12/h3-11H,1H2,2H3. The van der Waals surface area contributed by atoms with Crippen molar-refractivity contribution in [3.05, 3.63) is 65.3 Å². The smallest absolute Gasteiger partial charge is 0.263 e. The Morgan fingerprint density at radius 2 is 1.65 bits per heavy atom.